The van der Waals surface area contributed by atoms with E-state index in [9.17, 15) is 18.3 Å². The van der Waals surface area contributed by atoms with Gasteiger partial charge in [0.15, 0.2) is 0 Å². The summed E-state index contributed by atoms with van der Waals surface area (Å²) in [6.45, 7) is 12.4. The number of halogens is 3. The Morgan fingerprint density at radius 2 is 1.67 bits per heavy atom. The second-order valence-corrected chi connectivity index (χ2v) is 7.02. The molecule has 0 aliphatic heterocycles. The predicted octanol–water partition coefficient (Wildman–Crippen LogP) is 6.45. The van der Waals surface area contributed by atoms with Crippen molar-refractivity contribution in [3.05, 3.63) is 85.0 Å². The maximum absolute atomic E-state index is 14.5. The number of alkyl halides is 2. The number of fused-ring (bicyclic) bond motifs is 3. The number of hydrogen-bond acceptors (Lipinski definition) is 6. The van der Waals surface area contributed by atoms with Crippen molar-refractivity contribution in [3.8, 4) is 5.75 Å². The Bertz CT molecular complexity index is 1250. The van der Waals surface area contributed by atoms with E-state index in [0.717, 1.165) is 6.07 Å². The summed E-state index contributed by atoms with van der Waals surface area (Å²) in [6, 6.07) is 7.87. The van der Waals surface area contributed by atoms with Gasteiger partial charge in [0.2, 0.25) is 0 Å². The number of phenols is 1. The maximum atomic E-state index is 14.5. The molecular weight excluding hydrogens is 469 g/mol. The highest BCUT2D eigenvalue weighted by Crippen LogP contribution is 2.31. The van der Waals surface area contributed by atoms with E-state index >= 15 is 0 Å². The van der Waals surface area contributed by atoms with Gasteiger partial charge < -0.3 is 15.7 Å². The highest BCUT2D eigenvalue weighted by atomic mass is 19.3. The summed E-state index contributed by atoms with van der Waals surface area (Å²) in [5.41, 5.74) is 0.0700. The van der Waals surface area contributed by atoms with Crippen LogP contribution < -0.4 is 10.6 Å². The average molecular weight is 503 g/mol. The van der Waals surface area contributed by atoms with Crippen LogP contribution in [0, 0.1) is 5.82 Å². The largest absolute Gasteiger partial charge is 0.508 e. The molecule has 0 aliphatic rings. The molecule has 10 heteroatoms. The summed E-state index contributed by atoms with van der Waals surface area (Å²) >= 11 is 0. The smallest absolute Gasteiger partial charge is 0.266 e. The molecule has 0 saturated heterocycles. The van der Waals surface area contributed by atoms with Gasteiger partial charge >= 0.3 is 0 Å². The van der Waals surface area contributed by atoms with Gasteiger partial charge in [-0.25, -0.2) is 13.2 Å². The van der Waals surface area contributed by atoms with Crippen molar-refractivity contribution >= 4 is 22.5 Å². The third-order valence-corrected chi connectivity index (χ3v) is 4.48. The Hall–Kier alpha value is -3.92. The number of aromatic hydroxyl groups is 1. The van der Waals surface area contributed by atoms with Crippen molar-refractivity contribution in [2.24, 2.45) is 0 Å². The Kier molecular flexibility index (Phi) is 12.7. The van der Waals surface area contributed by atoms with Crippen molar-refractivity contribution in [2.75, 3.05) is 19.4 Å². The highest BCUT2D eigenvalue weighted by Gasteiger charge is 2.20. The van der Waals surface area contributed by atoms with E-state index in [1.807, 2.05) is 27.9 Å². The first-order chi connectivity index (χ1) is 17.3. The van der Waals surface area contributed by atoms with Crippen molar-refractivity contribution in [2.45, 2.75) is 33.2 Å². The summed E-state index contributed by atoms with van der Waals surface area (Å²) in [6.07, 6.45) is 1.72. The standard InChI is InChI=1S/C18H14F3N5O.C4H6.C2H7N.C2H6/c1-9(11-3-2-4-12(15(11)19)16(20)21)24-17-13-7-10(27)5-6-14(13)26-18(25-17)22-8-23-26;1-3-4-2;1-3-2;1-2/h2-9,16,27H,1H3,(H,22,23,24,25);3-4H,1-2H2;3H,1-2H3;1-2H3/t9-;;;/m1.../s1. The molecule has 3 N–H and O–H groups in total. The fraction of sp³-hybridized carbons (Fsp3) is 0.269. The van der Waals surface area contributed by atoms with Crippen molar-refractivity contribution in [3.63, 3.8) is 0 Å². The maximum Gasteiger partial charge on any atom is 0.266 e. The molecule has 0 spiro atoms. The van der Waals surface area contributed by atoms with Gasteiger partial charge in [-0.1, -0.05) is 57.4 Å². The summed E-state index contributed by atoms with van der Waals surface area (Å²) in [5.74, 6) is -0.297. The number of aromatic nitrogens is 4. The first-order valence-electron chi connectivity index (χ1n) is 11.3. The first kappa shape index (κ1) is 30.1. The minimum absolute atomic E-state index is 0.0188. The fourth-order valence-electron chi connectivity index (χ4n) is 3.00. The molecule has 0 fully saturated rings. The van der Waals surface area contributed by atoms with Crippen LogP contribution in [-0.4, -0.2) is 38.8 Å². The SMILES string of the molecule is C=CC=C.CC.CNC.C[C@@H](Nc1nc2ncnn2c2ccc(O)cc12)c1cccc(C(F)F)c1F. The molecule has 36 heavy (non-hydrogen) atoms. The Morgan fingerprint density at radius 3 is 2.25 bits per heavy atom. The van der Waals surface area contributed by atoms with Gasteiger partial charge in [-0.2, -0.15) is 19.6 Å². The predicted molar refractivity (Wildman–Crippen MR) is 140 cm³/mol. The molecule has 0 saturated carbocycles. The first-order valence-corrected chi connectivity index (χ1v) is 11.3. The molecule has 0 unspecified atom stereocenters. The molecular formula is C26H33F3N6O. The van der Waals surface area contributed by atoms with Crippen LogP contribution in [-0.2, 0) is 0 Å². The lowest BCUT2D eigenvalue weighted by atomic mass is 10.0. The number of hydrogen-bond donors (Lipinski definition) is 3. The van der Waals surface area contributed by atoms with E-state index in [2.05, 4.69) is 38.9 Å². The molecule has 0 radical (unpaired) electrons. The van der Waals surface area contributed by atoms with Crippen LogP contribution in [0.1, 0.15) is 44.4 Å². The fourth-order valence-corrected chi connectivity index (χ4v) is 3.00. The quantitative estimate of drug-likeness (QED) is 0.272. The number of rotatable bonds is 5. The molecule has 0 amide bonds. The molecule has 2 aromatic heterocycles. The van der Waals surface area contributed by atoms with Crippen molar-refractivity contribution < 1.29 is 18.3 Å². The van der Waals surface area contributed by atoms with Crippen LogP contribution in [0.5, 0.6) is 5.75 Å². The number of phenolic OH excluding ortho intramolecular Hbond substituents is 1. The van der Waals surface area contributed by atoms with Gasteiger partial charge in [0, 0.05) is 10.9 Å². The van der Waals surface area contributed by atoms with Crippen LogP contribution in [0.3, 0.4) is 0 Å². The van der Waals surface area contributed by atoms with Gasteiger partial charge in [0.05, 0.1) is 17.1 Å². The van der Waals surface area contributed by atoms with Gasteiger partial charge in [-0.15, -0.1) is 0 Å². The van der Waals surface area contributed by atoms with E-state index in [1.54, 1.807) is 25.1 Å². The second kappa shape index (κ2) is 15.2. The van der Waals surface area contributed by atoms with Gasteiger partial charge in [-0.3, -0.25) is 0 Å². The van der Waals surface area contributed by atoms with E-state index in [-0.39, 0.29) is 11.3 Å². The molecule has 194 valence electrons. The Labute approximate surface area is 209 Å². The lowest BCUT2D eigenvalue weighted by Gasteiger charge is -2.18. The van der Waals surface area contributed by atoms with Crippen LogP contribution in [0.2, 0.25) is 0 Å². The lowest BCUT2D eigenvalue weighted by Crippen LogP contribution is -2.12. The van der Waals surface area contributed by atoms with E-state index in [1.165, 1.54) is 35.1 Å². The van der Waals surface area contributed by atoms with Crippen molar-refractivity contribution in [1.82, 2.24) is 24.9 Å². The van der Waals surface area contributed by atoms with E-state index in [4.69, 9.17) is 0 Å². The van der Waals surface area contributed by atoms with E-state index < -0.39 is 23.8 Å². The Morgan fingerprint density at radius 1 is 1.06 bits per heavy atom. The van der Waals surface area contributed by atoms with Crippen molar-refractivity contribution in [1.29, 1.82) is 0 Å². The molecule has 0 aliphatic carbocycles. The lowest BCUT2D eigenvalue weighted by molar-refractivity contribution is 0.146. The normalized spacial score (nSPS) is 10.8. The zero-order valence-electron chi connectivity index (χ0n) is 21.1. The zero-order valence-corrected chi connectivity index (χ0v) is 21.1. The van der Waals surface area contributed by atoms with Gasteiger partial charge in [-0.05, 0) is 39.2 Å². The summed E-state index contributed by atoms with van der Waals surface area (Å²) in [4.78, 5) is 8.41. The summed E-state index contributed by atoms with van der Waals surface area (Å²) < 4.78 is 41.9. The number of nitrogens with one attached hydrogen (secondary N) is 2. The molecule has 2 heterocycles. The zero-order chi connectivity index (χ0) is 27.3. The highest BCUT2D eigenvalue weighted by molar-refractivity contribution is 5.92. The molecule has 1 atom stereocenters. The van der Waals surface area contributed by atoms with E-state index in [0.29, 0.717) is 22.5 Å². The molecule has 4 aromatic rings. The summed E-state index contributed by atoms with van der Waals surface area (Å²) in [7, 11) is 3.75. The average Bonchev–Trinajstić information content (AvgIpc) is 3.34. The van der Waals surface area contributed by atoms with Crippen LogP contribution >= 0.6 is 0 Å². The monoisotopic (exact) mass is 502 g/mol. The minimum atomic E-state index is -2.90. The molecule has 4 rings (SSSR count). The van der Waals surface area contributed by atoms with Crippen LogP contribution in [0.15, 0.2) is 68.0 Å². The number of allylic oxidation sites excluding steroid dienone is 2. The van der Waals surface area contributed by atoms with Crippen LogP contribution in [0.25, 0.3) is 16.7 Å². The number of nitrogens with zero attached hydrogens (tertiary/aromatic N) is 4. The molecule has 0 bridgehead atoms. The number of anilines is 1. The molecule has 2 aromatic carbocycles. The second-order valence-electron chi connectivity index (χ2n) is 7.02. The number of benzene rings is 2. The topological polar surface area (TPSA) is 87.4 Å². The molecule has 7 nitrogen and oxygen atoms in total. The summed E-state index contributed by atoms with van der Waals surface area (Å²) in [5, 5.41) is 20.2. The van der Waals surface area contributed by atoms with Crippen LogP contribution in [0.4, 0.5) is 19.0 Å². The minimum Gasteiger partial charge on any atom is -0.508 e. The Balaban J connectivity index is 0.000000633. The van der Waals surface area contributed by atoms with Gasteiger partial charge in [0.1, 0.15) is 23.7 Å². The third-order valence-electron chi connectivity index (χ3n) is 4.48. The third kappa shape index (κ3) is 7.54. The van der Waals surface area contributed by atoms with Gasteiger partial charge in [0.25, 0.3) is 12.2 Å².